The molecule has 0 aliphatic carbocycles. The summed E-state index contributed by atoms with van der Waals surface area (Å²) in [5.41, 5.74) is 0.361. The van der Waals surface area contributed by atoms with E-state index in [-0.39, 0.29) is 12.5 Å². The van der Waals surface area contributed by atoms with Crippen LogP contribution in [-0.2, 0) is 14.1 Å². The predicted molar refractivity (Wildman–Crippen MR) is 97.0 cm³/mol. The lowest BCUT2D eigenvalue weighted by Gasteiger charge is -2.32. The SMILES string of the molecule is CC(=O)NCC(=Cc1c(Cl)cncc1Cl)B1OC(C)(C)C(C)(C)O1. The third-order valence-electron chi connectivity index (χ3n) is 4.32. The zero-order valence-electron chi connectivity index (χ0n) is 14.4. The summed E-state index contributed by atoms with van der Waals surface area (Å²) in [4.78, 5) is 15.3. The van der Waals surface area contributed by atoms with Gasteiger partial charge in [-0.05, 0) is 33.2 Å². The molecule has 5 nitrogen and oxygen atoms in total. The average Bonchev–Trinajstić information content (AvgIpc) is 2.65. The lowest BCUT2D eigenvalue weighted by Crippen LogP contribution is -2.41. The van der Waals surface area contributed by atoms with Gasteiger partial charge in [0.2, 0.25) is 5.91 Å². The molecule has 0 radical (unpaired) electrons. The molecule has 0 unspecified atom stereocenters. The minimum atomic E-state index is -0.609. The number of carbonyl (C=O) groups is 1. The summed E-state index contributed by atoms with van der Waals surface area (Å²) in [5, 5.41) is 3.60. The molecule has 0 bridgehead atoms. The highest BCUT2D eigenvalue weighted by Crippen LogP contribution is 2.39. The first-order valence-corrected chi connectivity index (χ1v) is 8.38. The molecule has 8 heteroatoms. The van der Waals surface area contributed by atoms with Crippen molar-refractivity contribution in [1.82, 2.24) is 10.3 Å². The quantitative estimate of drug-likeness (QED) is 0.823. The van der Waals surface area contributed by atoms with Crippen LogP contribution in [0.1, 0.15) is 40.2 Å². The van der Waals surface area contributed by atoms with Crippen LogP contribution < -0.4 is 5.32 Å². The number of hydrogen-bond donors (Lipinski definition) is 1. The van der Waals surface area contributed by atoms with Crippen LogP contribution in [0.25, 0.3) is 6.08 Å². The number of pyridine rings is 1. The van der Waals surface area contributed by atoms with Gasteiger partial charge < -0.3 is 14.6 Å². The number of nitrogens with zero attached hydrogens (tertiary/aromatic N) is 1. The van der Waals surface area contributed by atoms with E-state index in [1.54, 1.807) is 6.08 Å². The molecule has 1 saturated heterocycles. The van der Waals surface area contributed by atoms with Crippen LogP contribution in [0.5, 0.6) is 0 Å². The van der Waals surface area contributed by atoms with Gasteiger partial charge in [0.05, 0.1) is 21.2 Å². The van der Waals surface area contributed by atoms with Crippen molar-refractivity contribution in [3.8, 4) is 0 Å². The summed E-state index contributed by atoms with van der Waals surface area (Å²) in [6.45, 7) is 9.59. The van der Waals surface area contributed by atoms with E-state index in [9.17, 15) is 4.79 Å². The molecule has 24 heavy (non-hydrogen) atoms. The van der Waals surface area contributed by atoms with Gasteiger partial charge in [0.25, 0.3) is 0 Å². The highest BCUT2D eigenvalue weighted by molar-refractivity contribution is 6.56. The second kappa shape index (κ2) is 7.04. The number of amides is 1. The van der Waals surface area contributed by atoms with Crippen LogP contribution in [-0.4, -0.2) is 35.8 Å². The molecule has 0 saturated carbocycles. The largest absolute Gasteiger partial charge is 0.492 e. The van der Waals surface area contributed by atoms with Crippen LogP contribution in [0.15, 0.2) is 17.9 Å². The van der Waals surface area contributed by atoms with E-state index < -0.39 is 18.3 Å². The molecule has 1 fully saturated rings. The maximum absolute atomic E-state index is 11.3. The zero-order valence-corrected chi connectivity index (χ0v) is 16.0. The van der Waals surface area contributed by atoms with Crippen molar-refractivity contribution in [3.63, 3.8) is 0 Å². The van der Waals surface area contributed by atoms with Crippen LogP contribution in [0.2, 0.25) is 10.0 Å². The molecule has 0 aromatic carbocycles. The minimum Gasteiger partial charge on any atom is -0.400 e. The highest BCUT2D eigenvalue weighted by atomic mass is 35.5. The molecule has 130 valence electrons. The third-order valence-corrected chi connectivity index (χ3v) is 4.92. The van der Waals surface area contributed by atoms with E-state index in [1.807, 2.05) is 27.7 Å². The second-order valence-electron chi connectivity index (χ2n) is 6.73. The molecule has 1 aliphatic rings. The average molecular weight is 371 g/mol. The molecule has 1 aromatic heterocycles. The Hall–Kier alpha value is -1.08. The number of rotatable bonds is 4. The van der Waals surface area contributed by atoms with Crippen molar-refractivity contribution in [2.45, 2.75) is 45.8 Å². The molecule has 1 aromatic rings. The first kappa shape index (κ1) is 19.3. The van der Waals surface area contributed by atoms with E-state index in [0.29, 0.717) is 15.6 Å². The summed E-state index contributed by atoms with van der Waals surface area (Å²) >= 11 is 12.4. The molecule has 1 amide bonds. The lowest BCUT2D eigenvalue weighted by atomic mass is 9.77. The molecule has 0 atom stereocenters. The lowest BCUT2D eigenvalue weighted by molar-refractivity contribution is -0.118. The fourth-order valence-corrected chi connectivity index (χ4v) is 2.64. The molecule has 2 rings (SSSR count). The van der Waals surface area contributed by atoms with Gasteiger partial charge >= 0.3 is 7.12 Å². The van der Waals surface area contributed by atoms with E-state index in [2.05, 4.69) is 10.3 Å². The number of halogens is 2. The summed E-state index contributed by atoms with van der Waals surface area (Å²) < 4.78 is 12.1. The summed E-state index contributed by atoms with van der Waals surface area (Å²) in [7, 11) is -0.609. The first-order valence-electron chi connectivity index (χ1n) is 7.63. The molecule has 1 aliphatic heterocycles. The van der Waals surface area contributed by atoms with E-state index in [4.69, 9.17) is 32.5 Å². The van der Waals surface area contributed by atoms with Crippen molar-refractivity contribution in [2.75, 3.05) is 6.54 Å². The normalized spacial score (nSPS) is 19.5. The van der Waals surface area contributed by atoms with Crippen molar-refractivity contribution in [2.24, 2.45) is 0 Å². The van der Waals surface area contributed by atoms with Crippen molar-refractivity contribution in [1.29, 1.82) is 0 Å². The van der Waals surface area contributed by atoms with Crippen molar-refractivity contribution < 1.29 is 14.1 Å². The molecule has 1 N–H and O–H groups in total. The number of hydrogen-bond acceptors (Lipinski definition) is 4. The van der Waals surface area contributed by atoms with E-state index >= 15 is 0 Å². The topological polar surface area (TPSA) is 60.5 Å². The standard InChI is InChI=1S/C16H21BCl2N2O3/c1-10(22)21-7-11(6-12-13(18)8-20-9-14(12)19)17-23-15(2,3)16(4,5)24-17/h6,8-9H,7H2,1-5H3,(H,21,22). The van der Waals surface area contributed by atoms with Crippen molar-refractivity contribution in [3.05, 3.63) is 33.5 Å². The van der Waals surface area contributed by atoms with Gasteiger partial charge in [-0.3, -0.25) is 9.78 Å². The van der Waals surface area contributed by atoms with Crippen LogP contribution >= 0.6 is 23.2 Å². The maximum Gasteiger partial charge on any atom is 0.492 e. The number of nitrogens with one attached hydrogen (secondary N) is 1. The number of carbonyl (C=O) groups excluding carboxylic acids is 1. The maximum atomic E-state index is 11.3. The Labute approximate surface area is 152 Å². The van der Waals surface area contributed by atoms with Crippen LogP contribution in [0.4, 0.5) is 0 Å². The van der Waals surface area contributed by atoms with Gasteiger partial charge in [-0.15, -0.1) is 0 Å². The first-order chi connectivity index (χ1) is 11.0. The minimum absolute atomic E-state index is 0.149. The van der Waals surface area contributed by atoms with Crippen LogP contribution in [0, 0.1) is 0 Å². The third kappa shape index (κ3) is 4.12. The van der Waals surface area contributed by atoms with E-state index in [1.165, 1.54) is 19.3 Å². The van der Waals surface area contributed by atoms with Crippen LogP contribution in [0.3, 0.4) is 0 Å². The van der Waals surface area contributed by atoms with Gasteiger partial charge in [-0.1, -0.05) is 29.3 Å². The highest BCUT2D eigenvalue weighted by Gasteiger charge is 2.52. The Balaban J connectivity index is 2.39. The predicted octanol–water partition coefficient (Wildman–Crippen LogP) is 3.54. The molecule has 2 heterocycles. The zero-order chi connectivity index (χ0) is 18.1. The Bertz CT molecular complexity index is 641. The Kier molecular flexibility index (Phi) is 5.65. The fraction of sp³-hybridized carbons (Fsp3) is 0.500. The number of aromatic nitrogens is 1. The van der Waals surface area contributed by atoms with Gasteiger partial charge in [-0.2, -0.15) is 0 Å². The van der Waals surface area contributed by atoms with Gasteiger partial charge in [0, 0.05) is 31.4 Å². The van der Waals surface area contributed by atoms with Gasteiger partial charge in [0.15, 0.2) is 0 Å². The molecular formula is C16H21BCl2N2O3. The van der Waals surface area contributed by atoms with E-state index in [0.717, 1.165) is 5.47 Å². The van der Waals surface area contributed by atoms with Crippen molar-refractivity contribution >= 4 is 42.3 Å². The summed E-state index contributed by atoms with van der Waals surface area (Å²) in [5.74, 6) is -0.149. The summed E-state index contributed by atoms with van der Waals surface area (Å²) in [6, 6.07) is 0. The monoisotopic (exact) mass is 370 g/mol. The smallest absolute Gasteiger partial charge is 0.400 e. The Morgan fingerprint density at radius 2 is 1.71 bits per heavy atom. The second-order valence-corrected chi connectivity index (χ2v) is 7.55. The van der Waals surface area contributed by atoms with Gasteiger partial charge in [-0.25, -0.2) is 0 Å². The fourth-order valence-electron chi connectivity index (χ4n) is 2.17. The Morgan fingerprint density at radius 3 is 2.17 bits per heavy atom. The molecular weight excluding hydrogens is 350 g/mol. The summed E-state index contributed by atoms with van der Waals surface area (Å²) in [6.07, 6.45) is 4.81. The van der Waals surface area contributed by atoms with Gasteiger partial charge in [0.1, 0.15) is 0 Å². The Morgan fingerprint density at radius 1 is 1.21 bits per heavy atom. The molecule has 0 spiro atoms.